The minimum atomic E-state index is -0.241. The van der Waals surface area contributed by atoms with Gasteiger partial charge in [-0.3, -0.25) is 0 Å². The maximum atomic E-state index is 14.7. The summed E-state index contributed by atoms with van der Waals surface area (Å²) in [5, 5.41) is 8.75. The van der Waals surface area contributed by atoms with Crippen molar-refractivity contribution in [3.8, 4) is 22.3 Å². The van der Waals surface area contributed by atoms with Crippen LogP contribution >= 0.6 is 0 Å². The first kappa shape index (κ1) is 37.2. The normalized spacial score (nSPS) is 12.3. The Hall–Kier alpha value is -4.59. The number of halogens is 2. The van der Waals surface area contributed by atoms with Crippen LogP contribution < -0.4 is 10.6 Å². The smallest absolute Gasteiger partial charge is 0.129 e. The Kier molecular flexibility index (Phi) is 12.4. The van der Waals surface area contributed by atoms with Gasteiger partial charge in [0, 0.05) is 65.9 Å². The van der Waals surface area contributed by atoms with E-state index in [0.717, 1.165) is 109 Å². The van der Waals surface area contributed by atoms with Crippen molar-refractivity contribution in [3.63, 3.8) is 0 Å². The average molecular weight is 703 g/mol. The summed E-state index contributed by atoms with van der Waals surface area (Å²) in [4.78, 5) is 14.8. The molecule has 0 radical (unpaired) electrons. The minimum Gasteiger partial charge on any atom is -0.360 e. The molecule has 1 unspecified atom stereocenters. The van der Waals surface area contributed by atoms with E-state index in [1.165, 1.54) is 28.3 Å². The molecule has 7 heteroatoms. The minimum absolute atomic E-state index is 0.223. The van der Waals surface area contributed by atoms with Crippen LogP contribution in [0.25, 0.3) is 44.1 Å². The van der Waals surface area contributed by atoms with E-state index < -0.39 is 0 Å². The molecule has 2 aromatic heterocycles. The third-order valence-electron chi connectivity index (χ3n) is 10.4. The van der Waals surface area contributed by atoms with E-state index in [9.17, 15) is 13.6 Å². The summed E-state index contributed by atoms with van der Waals surface area (Å²) in [5.74, 6) is 0.289. The number of carbonyl (C=O) groups excluding carboxylic acids is 1. The van der Waals surface area contributed by atoms with E-state index in [4.69, 9.17) is 0 Å². The van der Waals surface area contributed by atoms with Crippen molar-refractivity contribution in [2.45, 2.75) is 84.8 Å². The number of hydrogen-bond acceptors (Lipinski definition) is 3. The largest absolute Gasteiger partial charge is 0.360 e. The highest BCUT2D eigenvalue weighted by Gasteiger charge is 2.17. The van der Waals surface area contributed by atoms with Gasteiger partial charge in [-0.2, -0.15) is 0 Å². The number of aromatic amines is 1. The summed E-state index contributed by atoms with van der Waals surface area (Å²) in [5.41, 5.74) is 11.3. The molecular weight excluding hydrogens is 651 g/mol. The Bertz CT molecular complexity index is 2150. The molecule has 0 bridgehead atoms. The van der Waals surface area contributed by atoms with Crippen LogP contribution in [-0.2, 0) is 37.3 Å². The van der Waals surface area contributed by atoms with Gasteiger partial charge in [0.2, 0.25) is 0 Å². The van der Waals surface area contributed by atoms with Crippen LogP contribution in [0, 0.1) is 17.6 Å². The van der Waals surface area contributed by atoms with E-state index >= 15 is 0 Å². The molecule has 0 fully saturated rings. The van der Waals surface area contributed by atoms with E-state index in [-0.39, 0.29) is 17.4 Å². The van der Waals surface area contributed by atoms with Crippen molar-refractivity contribution in [1.29, 1.82) is 0 Å². The molecule has 0 saturated heterocycles. The number of rotatable bonds is 18. The lowest BCUT2D eigenvalue weighted by atomic mass is 9.87. The van der Waals surface area contributed by atoms with E-state index in [2.05, 4.69) is 69.7 Å². The van der Waals surface area contributed by atoms with Crippen LogP contribution in [0.2, 0.25) is 0 Å². The number of nitrogens with zero attached hydrogens (tertiary/aromatic N) is 1. The van der Waals surface area contributed by atoms with Gasteiger partial charge in [-0.1, -0.05) is 44.0 Å². The monoisotopic (exact) mass is 702 g/mol. The second-order valence-electron chi connectivity index (χ2n) is 14.4. The van der Waals surface area contributed by atoms with Crippen molar-refractivity contribution in [1.82, 2.24) is 20.2 Å². The molecule has 0 aliphatic carbocycles. The number of benzene rings is 4. The Morgan fingerprint density at radius 3 is 2.15 bits per heavy atom. The predicted octanol–water partition coefficient (Wildman–Crippen LogP) is 10.5. The Morgan fingerprint density at radius 1 is 0.769 bits per heavy atom. The lowest BCUT2D eigenvalue weighted by Crippen LogP contribution is -2.12. The first-order valence-electron chi connectivity index (χ1n) is 18.9. The lowest BCUT2D eigenvalue weighted by molar-refractivity contribution is -0.117. The van der Waals surface area contributed by atoms with Crippen LogP contribution in [0.5, 0.6) is 0 Å². The molecule has 4 aromatic carbocycles. The molecule has 0 aliphatic rings. The highest BCUT2D eigenvalue weighted by Crippen LogP contribution is 2.35. The summed E-state index contributed by atoms with van der Waals surface area (Å²) in [6.45, 7) is 6.25. The van der Waals surface area contributed by atoms with Gasteiger partial charge in [-0.25, -0.2) is 8.78 Å². The zero-order chi connectivity index (χ0) is 36.6. The SMILES string of the molecule is CCCC(CCCn1cc(-c2ccc(CCCC(C)=O)c(CNC)c2)c2ccc(F)cc21)Cc1ccc(-c2c[nH]c3cc(F)ccc23)cc1CNC. The molecule has 0 spiro atoms. The van der Waals surface area contributed by atoms with Gasteiger partial charge in [0.15, 0.2) is 0 Å². The van der Waals surface area contributed by atoms with Crippen molar-refractivity contribution < 1.29 is 13.6 Å². The average Bonchev–Trinajstić information content (AvgIpc) is 3.70. The number of hydrogen-bond donors (Lipinski definition) is 3. The quantitative estimate of drug-likeness (QED) is 0.0836. The summed E-state index contributed by atoms with van der Waals surface area (Å²) >= 11 is 0. The number of fused-ring (bicyclic) bond motifs is 2. The molecule has 6 rings (SSSR count). The van der Waals surface area contributed by atoms with Gasteiger partial charge in [0.25, 0.3) is 0 Å². The maximum absolute atomic E-state index is 14.7. The molecule has 0 amide bonds. The third kappa shape index (κ3) is 8.71. The molecule has 0 aliphatic heterocycles. The van der Waals surface area contributed by atoms with Gasteiger partial charge in [0.1, 0.15) is 17.4 Å². The van der Waals surface area contributed by atoms with Crippen LogP contribution in [0.4, 0.5) is 8.78 Å². The van der Waals surface area contributed by atoms with Crippen molar-refractivity contribution >= 4 is 27.6 Å². The Balaban J connectivity index is 1.20. The van der Waals surface area contributed by atoms with E-state index in [1.54, 1.807) is 25.1 Å². The molecule has 52 heavy (non-hydrogen) atoms. The fourth-order valence-corrected chi connectivity index (χ4v) is 7.90. The number of nitrogens with one attached hydrogen (secondary N) is 3. The molecule has 272 valence electrons. The van der Waals surface area contributed by atoms with Crippen LogP contribution in [-0.4, -0.2) is 29.4 Å². The van der Waals surface area contributed by atoms with Gasteiger partial charge < -0.3 is 25.0 Å². The second kappa shape index (κ2) is 17.3. The Labute approximate surface area is 306 Å². The summed E-state index contributed by atoms with van der Waals surface area (Å²) < 4.78 is 30.7. The highest BCUT2D eigenvalue weighted by atomic mass is 19.1. The number of aryl methyl sites for hydroxylation is 2. The van der Waals surface area contributed by atoms with Gasteiger partial charge in [0.05, 0.1) is 5.52 Å². The summed E-state index contributed by atoms with van der Waals surface area (Å²) in [6, 6.07) is 23.4. The van der Waals surface area contributed by atoms with Gasteiger partial charge in [-0.15, -0.1) is 0 Å². The maximum Gasteiger partial charge on any atom is 0.129 e. The number of H-pyrrole nitrogens is 1. The van der Waals surface area contributed by atoms with Crippen LogP contribution in [0.15, 0.2) is 85.2 Å². The molecule has 0 saturated carbocycles. The van der Waals surface area contributed by atoms with Crippen molar-refractivity contribution in [2.75, 3.05) is 14.1 Å². The molecule has 6 aromatic rings. The zero-order valence-corrected chi connectivity index (χ0v) is 31.0. The van der Waals surface area contributed by atoms with Crippen molar-refractivity contribution in [3.05, 3.63) is 119 Å². The molecule has 3 N–H and O–H groups in total. The third-order valence-corrected chi connectivity index (χ3v) is 10.4. The number of carbonyl (C=O) groups is 1. The number of ketones is 1. The number of aromatic nitrogens is 2. The lowest BCUT2D eigenvalue weighted by Gasteiger charge is -2.20. The standard InChI is InChI=1S/C45H52F2N4O/c1-5-8-31(21-33-13-15-34(22-37(33)27-49-4)42-28-50-44-24-38(46)16-18-40(42)44)10-7-20-51-29-43(41-19-17-39(47)25-45(41)51)35-14-12-32(11-6-9-30(2)52)36(23-35)26-48-3/h12-19,22-25,28-29,31,48-50H,5-11,20-21,26-27H2,1-4H3. The topological polar surface area (TPSA) is 61.9 Å². The molecule has 5 nitrogen and oxygen atoms in total. The van der Waals surface area contributed by atoms with Crippen molar-refractivity contribution in [2.24, 2.45) is 5.92 Å². The fraction of sp³-hybridized carbons (Fsp3) is 0.356. The van der Waals surface area contributed by atoms with Crippen LogP contribution in [0.1, 0.15) is 74.6 Å². The summed E-state index contributed by atoms with van der Waals surface area (Å²) in [6.07, 6.45) is 11.8. The predicted molar refractivity (Wildman–Crippen MR) is 212 cm³/mol. The second-order valence-corrected chi connectivity index (χ2v) is 14.4. The fourth-order valence-electron chi connectivity index (χ4n) is 7.90. The first-order chi connectivity index (χ1) is 25.3. The van der Waals surface area contributed by atoms with E-state index in [1.807, 2.05) is 32.4 Å². The van der Waals surface area contributed by atoms with Crippen LogP contribution in [0.3, 0.4) is 0 Å². The number of Topliss-reactive ketones (excluding diaryl/α,β-unsaturated/α-hetero) is 1. The van der Waals surface area contributed by atoms with Gasteiger partial charge >= 0.3 is 0 Å². The molecule has 1 atom stereocenters. The summed E-state index contributed by atoms with van der Waals surface area (Å²) in [7, 11) is 3.94. The molecular formula is C45H52F2N4O. The first-order valence-corrected chi connectivity index (χ1v) is 18.9. The highest BCUT2D eigenvalue weighted by molar-refractivity contribution is 5.97. The van der Waals surface area contributed by atoms with E-state index in [0.29, 0.717) is 12.3 Å². The zero-order valence-electron chi connectivity index (χ0n) is 31.0. The van der Waals surface area contributed by atoms with Gasteiger partial charge in [-0.05, 0) is 141 Å². The molecule has 2 heterocycles. The Morgan fingerprint density at radius 2 is 1.44 bits per heavy atom.